The SMILES string of the molecule is CCCc1ccc(OCCNC(=O)CN(c2ccccc2C)S(=O)(=O)c2ccc(Cl)cc2)cc1. The van der Waals surface area contributed by atoms with E-state index in [2.05, 4.69) is 12.2 Å². The van der Waals surface area contributed by atoms with Crippen molar-refractivity contribution in [2.24, 2.45) is 0 Å². The van der Waals surface area contributed by atoms with Crippen LogP contribution in [-0.2, 0) is 21.2 Å². The van der Waals surface area contributed by atoms with Crippen molar-refractivity contribution < 1.29 is 17.9 Å². The quantitative estimate of drug-likeness (QED) is 0.376. The Bertz CT molecular complexity index is 1200. The Balaban J connectivity index is 1.66. The molecule has 0 saturated carbocycles. The number of halogens is 1. The van der Waals surface area contributed by atoms with Crippen molar-refractivity contribution in [2.45, 2.75) is 31.6 Å². The minimum absolute atomic E-state index is 0.0582. The summed E-state index contributed by atoms with van der Waals surface area (Å²) in [7, 11) is -3.99. The molecular weight excluding hydrogens is 472 g/mol. The minimum atomic E-state index is -3.99. The zero-order valence-corrected chi connectivity index (χ0v) is 20.9. The van der Waals surface area contributed by atoms with Crippen LogP contribution < -0.4 is 14.4 Å². The number of nitrogens with zero attached hydrogens (tertiary/aromatic N) is 1. The number of hydrogen-bond acceptors (Lipinski definition) is 4. The van der Waals surface area contributed by atoms with Gasteiger partial charge in [0.25, 0.3) is 10.0 Å². The van der Waals surface area contributed by atoms with Crippen molar-refractivity contribution in [2.75, 3.05) is 24.0 Å². The van der Waals surface area contributed by atoms with E-state index in [1.54, 1.807) is 25.1 Å². The molecule has 0 saturated heterocycles. The Morgan fingerprint density at radius 3 is 2.32 bits per heavy atom. The molecule has 0 spiro atoms. The van der Waals surface area contributed by atoms with Gasteiger partial charge in [-0.25, -0.2) is 8.42 Å². The summed E-state index contributed by atoms with van der Waals surface area (Å²) in [4.78, 5) is 12.8. The van der Waals surface area contributed by atoms with Crippen LogP contribution >= 0.6 is 11.6 Å². The first-order chi connectivity index (χ1) is 16.3. The molecule has 3 aromatic rings. The monoisotopic (exact) mass is 500 g/mol. The number of ether oxygens (including phenoxy) is 1. The number of rotatable bonds is 11. The third-order valence-corrected chi connectivity index (χ3v) is 7.25. The van der Waals surface area contributed by atoms with E-state index in [0.717, 1.165) is 28.5 Å². The summed E-state index contributed by atoms with van der Waals surface area (Å²) in [6.45, 7) is 4.10. The topological polar surface area (TPSA) is 75.7 Å². The zero-order chi connectivity index (χ0) is 24.6. The lowest BCUT2D eigenvalue weighted by Crippen LogP contribution is -2.42. The maximum absolute atomic E-state index is 13.4. The second kappa shape index (κ2) is 11.9. The Hall–Kier alpha value is -3.03. The van der Waals surface area contributed by atoms with Crippen LogP contribution in [0.3, 0.4) is 0 Å². The Kier molecular flexibility index (Phi) is 8.96. The molecule has 8 heteroatoms. The maximum atomic E-state index is 13.4. The Labute approximate surface area is 206 Å². The van der Waals surface area contributed by atoms with Crippen LogP contribution in [0.4, 0.5) is 5.69 Å². The third kappa shape index (κ3) is 6.74. The zero-order valence-electron chi connectivity index (χ0n) is 19.3. The first kappa shape index (κ1) is 25.6. The number of carbonyl (C=O) groups is 1. The fourth-order valence-corrected chi connectivity index (χ4v) is 5.07. The molecule has 0 unspecified atom stereocenters. The second-order valence-corrected chi connectivity index (χ2v) is 10.1. The van der Waals surface area contributed by atoms with E-state index in [4.69, 9.17) is 16.3 Å². The van der Waals surface area contributed by atoms with Gasteiger partial charge < -0.3 is 10.1 Å². The number of hydrogen-bond donors (Lipinski definition) is 1. The Morgan fingerprint density at radius 2 is 1.68 bits per heavy atom. The van der Waals surface area contributed by atoms with Gasteiger partial charge in [-0.2, -0.15) is 0 Å². The van der Waals surface area contributed by atoms with E-state index in [9.17, 15) is 13.2 Å². The lowest BCUT2D eigenvalue weighted by Gasteiger charge is -2.25. The van der Waals surface area contributed by atoms with Crippen LogP contribution in [0.15, 0.2) is 77.7 Å². The summed E-state index contributed by atoms with van der Waals surface area (Å²) in [5, 5.41) is 3.18. The molecule has 3 rings (SSSR count). The first-order valence-corrected chi connectivity index (χ1v) is 13.0. The van der Waals surface area contributed by atoms with Gasteiger partial charge in [0.2, 0.25) is 5.91 Å². The fourth-order valence-electron chi connectivity index (χ4n) is 3.46. The van der Waals surface area contributed by atoms with Crippen molar-refractivity contribution in [3.8, 4) is 5.75 Å². The molecule has 0 aliphatic rings. The van der Waals surface area contributed by atoms with Gasteiger partial charge in [0.1, 0.15) is 18.9 Å². The van der Waals surface area contributed by atoms with Gasteiger partial charge in [0, 0.05) is 5.02 Å². The van der Waals surface area contributed by atoms with Gasteiger partial charge >= 0.3 is 0 Å². The van der Waals surface area contributed by atoms with E-state index in [1.165, 1.54) is 29.8 Å². The minimum Gasteiger partial charge on any atom is -0.492 e. The number of benzene rings is 3. The molecule has 0 atom stereocenters. The van der Waals surface area contributed by atoms with E-state index < -0.39 is 15.9 Å². The van der Waals surface area contributed by atoms with Gasteiger partial charge in [0.15, 0.2) is 0 Å². The second-order valence-electron chi connectivity index (χ2n) is 7.84. The van der Waals surface area contributed by atoms with Crippen molar-refractivity contribution in [1.82, 2.24) is 5.32 Å². The molecule has 0 aliphatic carbocycles. The maximum Gasteiger partial charge on any atom is 0.264 e. The van der Waals surface area contributed by atoms with Crippen LogP contribution in [0.5, 0.6) is 5.75 Å². The number of aryl methyl sites for hydroxylation is 2. The van der Waals surface area contributed by atoms with E-state index in [0.29, 0.717) is 10.7 Å². The third-order valence-electron chi connectivity index (χ3n) is 5.23. The normalized spacial score (nSPS) is 11.1. The van der Waals surface area contributed by atoms with E-state index in [1.807, 2.05) is 30.3 Å². The predicted molar refractivity (Wildman–Crippen MR) is 136 cm³/mol. The van der Waals surface area contributed by atoms with Crippen LogP contribution in [0.25, 0.3) is 0 Å². The first-order valence-electron chi connectivity index (χ1n) is 11.1. The van der Waals surface area contributed by atoms with Crippen molar-refractivity contribution in [3.05, 3.63) is 88.9 Å². The summed E-state index contributed by atoms with van der Waals surface area (Å²) in [5.74, 6) is 0.295. The van der Waals surface area contributed by atoms with Gasteiger partial charge in [-0.15, -0.1) is 0 Å². The van der Waals surface area contributed by atoms with Crippen LogP contribution in [0.1, 0.15) is 24.5 Å². The van der Waals surface area contributed by atoms with Crippen molar-refractivity contribution in [3.63, 3.8) is 0 Å². The molecular formula is C26H29ClN2O4S. The summed E-state index contributed by atoms with van der Waals surface area (Å²) in [6.07, 6.45) is 2.10. The summed E-state index contributed by atoms with van der Waals surface area (Å²) in [6, 6.07) is 20.8. The smallest absolute Gasteiger partial charge is 0.264 e. The highest BCUT2D eigenvalue weighted by molar-refractivity contribution is 7.92. The molecule has 180 valence electrons. The molecule has 0 fully saturated rings. The Morgan fingerprint density at radius 1 is 1.00 bits per heavy atom. The highest BCUT2D eigenvalue weighted by Gasteiger charge is 2.28. The van der Waals surface area contributed by atoms with Crippen LogP contribution in [-0.4, -0.2) is 34.0 Å². The number of sulfonamides is 1. The van der Waals surface area contributed by atoms with Crippen LogP contribution in [0, 0.1) is 6.92 Å². The molecule has 0 aromatic heterocycles. The molecule has 34 heavy (non-hydrogen) atoms. The summed E-state index contributed by atoms with van der Waals surface area (Å²) < 4.78 is 33.6. The van der Waals surface area contributed by atoms with Crippen molar-refractivity contribution in [1.29, 1.82) is 0 Å². The highest BCUT2D eigenvalue weighted by Crippen LogP contribution is 2.27. The summed E-state index contributed by atoms with van der Waals surface area (Å²) >= 11 is 5.92. The molecule has 3 aromatic carbocycles. The predicted octanol–water partition coefficient (Wildman–Crippen LogP) is 4.99. The molecule has 6 nitrogen and oxygen atoms in total. The van der Waals surface area contributed by atoms with Gasteiger partial charge in [-0.3, -0.25) is 9.10 Å². The lowest BCUT2D eigenvalue weighted by atomic mass is 10.1. The van der Waals surface area contributed by atoms with Gasteiger partial charge in [-0.1, -0.05) is 55.3 Å². The lowest BCUT2D eigenvalue weighted by molar-refractivity contribution is -0.119. The number of amides is 1. The summed E-state index contributed by atoms with van der Waals surface area (Å²) in [5.41, 5.74) is 2.43. The fraction of sp³-hybridized carbons (Fsp3) is 0.269. The number of carbonyl (C=O) groups excluding carboxylic acids is 1. The molecule has 1 amide bonds. The standard InChI is InChI=1S/C26H29ClN2O4S/c1-3-6-21-9-13-23(14-10-21)33-18-17-28-26(30)19-29(25-8-5-4-7-20(25)2)34(31,32)24-15-11-22(27)12-16-24/h4-5,7-16H,3,6,17-19H2,1-2H3,(H,28,30). The highest BCUT2D eigenvalue weighted by atomic mass is 35.5. The van der Waals surface area contributed by atoms with E-state index in [-0.39, 0.29) is 24.6 Å². The number of nitrogens with one attached hydrogen (secondary N) is 1. The van der Waals surface area contributed by atoms with E-state index >= 15 is 0 Å². The average molecular weight is 501 g/mol. The van der Waals surface area contributed by atoms with Gasteiger partial charge in [-0.05, 0) is 66.9 Å². The molecule has 0 heterocycles. The van der Waals surface area contributed by atoms with Crippen LogP contribution in [0.2, 0.25) is 5.02 Å². The molecule has 0 aliphatic heterocycles. The largest absolute Gasteiger partial charge is 0.492 e. The number of anilines is 1. The van der Waals surface area contributed by atoms with Crippen molar-refractivity contribution >= 4 is 33.2 Å². The van der Waals surface area contributed by atoms with Gasteiger partial charge in [0.05, 0.1) is 17.1 Å². The molecule has 0 bridgehead atoms. The molecule has 1 N–H and O–H groups in total. The average Bonchev–Trinajstić information content (AvgIpc) is 2.82. The molecule has 0 radical (unpaired) electrons. The number of para-hydroxylation sites is 1.